The van der Waals surface area contributed by atoms with E-state index in [9.17, 15) is 9.90 Å². The molecule has 0 atom stereocenters. The van der Waals surface area contributed by atoms with Gasteiger partial charge in [0, 0.05) is 10.9 Å². The van der Waals surface area contributed by atoms with E-state index in [4.69, 9.17) is 4.84 Å². The number of carboxylic acid groups (broad SMARTS) is 1. The van der Waals surface area contributed by atoms with Crippen LogP contribution in [0.2, 0.25) is 0 Å². The summed E-state index contributed by atoms with van der Waals surface area (Å²) in [6.07, 6.45) is 0. The minimum absolute atomic E-state index is 0.139. The van der Waals surface area contributed by atoms with Crippen LogP contribution in [-0.4, -0.2) is 22.9 Å². The molecule has 100 valence electrons. The number of nitrogens with zero attached hydrogens (tertiary/aromatic N) is 1. The molecule has 3 rings (SSSR count). The van der Waals surface area contributed by atoms with Crippen molar-refractivity contribution in [3.63, 3.8) is 0 Å². The van der Waals surface area contributed by atoms with E-state index in [-0.39, 0.29) is 5.69 Å². The lowest BCUT2D eigenvalue weighted by Crippen LogP contribution is -2.14. The number of benzene rings is 2. The van der Waals surface area contributed by atoms with Crippen molar-refractivity contribution in [3.05, 3.63) is 60.3 Å². The lowest BCUT2D eigenvalue weighted by molar-refractivity contribution is 0.0647. The van der Waals surface area contributed by atoms with Gasteiger partial charge in [-0.3, -0.25) is 0 Å². The zero-order valence-corrected chi connectivity index (χ0v) is 10.9. The second-order valence-corrected chi connectivity index (χ2v) is 4.39. The van der Waals surface area contributed by atoms with Crippen molar-refractivity contribution in [2.24, 2.45) is 0 Å². The Bertz CT molecular complexity index is 775. The Morgan fingerprint density at radius 1 is 1.05 bits per heavy atom. The van der Waals surface area contributed by atoms with Crippen LogP contribution in [0.4, 0.5) is 0 Å². The molecular weight excluding hydrogens is 254 g/mol. The normalized spacial score (nSPS) is 10.7. The van der Waals surface area contributed by atoms with E-state index >= 15 is 0 Å². The van der Waals surface area contributed by atoms with E-state index in [1.165, 1.54) is 11.8 Å². The van der Waals surface area contributed by atoms with Crippen molar-refractivity contribution in [2.75, 3.05) is 7.11 Å². The van der Waals surface area contributed by atoms with Crippen LogP contribution in [-0.2, 0) is 0 Å². The summed E-state index contributed by atoms with van der Waals surface area (Å²) >= 11 is 0. The lowest BCUT2D eigenvalue weighted by Gasteiger charge is -2.06. The van der Waals surface area contributed by atoms with E-state index in [1.807, 2.05) is 54.6 Å². The number of fused-ring (bicyclic) bond motifs is 1. The lowest BCUT2D eigenvalue weighted by atomic mass is 10.0. The van der Waals surface area contributed by atoms with Gasteiger partial charge in [0.1, 0.15) is 7.11 Å². The van der Waals surface area contributed by atoms with Crippen LogP contribution in [0.1, 0.15) is 10.5 Å². The third-order valence-electron chi connectivity index (χ3n) is 3.28. The van der Waals surface area contributed by atoms with Crippen molar-refractivity contribution in [1.82, 2.24) is 4.73 Å². The summed E-state index contributed by atoms with van der Waals surface area (Å²) < 4.78 is 1.36. The second-order valence-electron chi connectivity index (χ2n) is 4.39. The first kappa shape index (κ1) is 12.3. The van der Waals surface area contributed by atoms with Gasteiger partial charge in [-0.15, -0.1) is 0 Å². The van der Waals surface area contributed by atoms with E-state index in [0.717, 1.165) is 16.5 Å². The van der Waals surface area contributed by atoms with Gasteiger partial charge in [-0.2, -0.15) is 4.73 Å². The Morgan fingerprint density at radius 3 is 2.35 bits per heavy atom. The van der Waals surface area contributed by atoms with Crippen molar-refractivity contribution in [3.8, 4) is 11.1 Å². The molecule has 0 aliphatic heterocycles. The molecule has 1 N–H and O–H groups in total. The molecule has 0 aliphatic rings. The first-order valence-corrected chi connectivity index (χ1v) is 6.20. The van der Waals surface area contributed by atoms with Crippen LogP contribution in [0.15, 0.2) is 54.6 Å². The highest BCUT2D eigenvalue weighted by Crippen LogP contribution is 2.34. The molecule has 0 bridgehead atoms. The van der Waals surface area contributed by atoms with E-state index < -0.39 is 5.97 Å². The molecule has 0 saturated carbocycles. The molecule has 1 aromatic heterocycles. The fourth-order valence-corrected chi connectivity index (χ4v) is 2.49. The summed E-state index contributed by atoms with van der Waals surface area (Å²) in [5, 5.41) is 10.4. The number of hydrogen-bond donors (Lipinski definition) is 1. The van der Waals surface area contributed by atoms with Gasteiger partial charge in [0.15, 0.2) is 5.69 Å². The van der Waals surface area contributed by atoms with Gasteiger partial charge in [0.25, 0.3) is 0 Å². The highest BCUT2D eigenvalue weighted by molar-refractivity contribution is 6.07. The number of para-hydroxylation sites is 1. The van der Waals surface area contributed by atoms with Gasteiger partial charge < -0.3 is 9.94 Å². The Labute approximate surface area is 115 Å². The number of carbonyl (C=O) groups is 1. The van der Waals surface area contributed by atoms with Crippen LogP contribution in [0.25, 0.3) is 22.0 Å². The molecule has 0 saturated heterocycles. The van der Waals surface area contributed by atoms with E-state index in [0.29, 0.717) is 5.56 Å². The SMILES string of the molecule is COn1c(C(=O)O)c(-c2ccccc2)c2ccccc21. The van der Waals surface area contributed by atoms with Crippen LogP contribution < -0.4 is 4.84 Å². The average molecular weight is 267 g/mol. The van der Waals surface area contributed by atoms with Gasteiger partial charge in [-0.05, 0) is 11.6 Å². The highest BCUT2D eigenvalue weighted by atomic mass is 16.6. The molecule has 0 amide bonds. The third-order valence-corrected chi connectivity index (χ3v) is 3.28. The molecular formula is C16H13NO3. The van der Waals surface area contributed by atoms with Crippen molar-refractivity contribution < 1.29 is 14.7 Å². The van der Waals surface area contributed by atoms with Gasteiger partial charge >= 0.3 is 5.97 Å². The molecule has 0 fully saturated rings. The molecule has 1 heterocycles. The number of rotatable bonds is 3. The maximum atomic E-state index is 11.6. The standard InChI is InChI=1S/C16H13NO3/c1-20-17-13-10-6-5-9-12(13)14(15(17)16(18)19)11-7-3-2-4-8-11/h2-10H,1H3,(H,18,19). The fraction of sp³-hybridized carbons (Fsp3) is 0.0625. The van der Waals surface area contributed by atoms with Crippen molar-refractivity contribution >= 4 is 16.9 Å². The topological polar surface area (TPSA) is 51.5 Å². The quantitative estimate of drug-likeness (QED) is 0.793. The van der Waals surface area contributed by atoms with Gasteiger partial charge in [0.2, 0.25) is 0 Å². The largest absolute Gasteiger partial charge is 0.476 e. The molecule has 0 aliphatic carbocycles. The van der Waals surface area contributed by atoms with E-state index in [1.54, 1.807) is 0 Å². The fourth-order valence-electron chi connectivity index (χ4n) is 2.49. The second kappa shape index (κ2) is 4.74. The zero-order valence-electron chi connectivity index (χ0n) is 10.9. The molecule has 3 aromatic rings. The molecule has 4 nitrogen and oxygen atoms in total. The van der Waals surface area contributed by atoms with Crippen molar-refractivity contribution in [2.45, 2.75) is 0 Å². The summed E-state index contributed by atoms with van der Waals surface area (Å²) in [7, 11) is 1.47. The molecule has 0 spiro atoms. The molecule has 4 heteroatoms. The van der Waals surface area contributed by atoms with Gasteiger partial charge in [-0.1, -0.05) is 48.5 Å². The summed E-state index contributed by atoms with van der Waals surface area (Å²) in [5.74, 6) is -1.01. The Morgan fingerprint density at radius 2 is 1.70 bits per heavy atom. The predicted octanol–water partition coefficient (Wildman–Crippen LogP) is 3.06. The average Bonchev–Trinajstić information content (AvgIpc) is 2.82. The van der Waals surface area contributed by atoms with Crippen LogP contribution in [0.5, 0.6) is 0 Å². The predicted molar refractivity (Wildman–Crippen MR) is 76.8 cm³/mol. The maximum absolute atomic E-state index is 11.6. The highest BCUT2D eigenvalue weighted by Gasteiger charge is 2.23. The smallest absolute Gasteiger partial charge is 0.356 e. The third kappa shape index (κ3) is 1.73. The summed E-state index contributed by atoms with van der Waals surface area (Å²) in [5.41, 5.74) is 2.42. The molecule has 2 aromatic carbocycles. The van der Waals surface area contributed by atoms with E-state index in [2.05, 4.69) is 0 Å². The van der Waals surface area contributed by atoms with Crippen LogP contribution in [0.3, 0.4) is 0 Å². The molecule has 20 heavy (non-hydrogen) atoms. The zero-order chi connectivity index (χ0) is 14.1. The number of carboxylic acids is 1. The van der Waals surface area contributed by atoms with Crippen molar-refractivity contribution in [1.29, 1.82) is 0 Å². The first-order valence-electron chi connectivity index (χ1n) is 6.20. The number of aromatic nitrogens is 1. The minimum Gasteiger partial charge on any atom is -0.476 e. The van der Waals surface area contributed by atoms with Crippen LogP contribution >= 0.6 is 0 Å². The Balaban J connectivity index is 2.46. The monoisotopic (exact) mass is 267 g/mol. The summed E-state index contributed by atoms with van der Waals surface area (Å²) in [6.45, 7) is 0. The Kier molecular flexibility index (Phi) is 2.91. The van der Waals surface area contributed by atoms with Gasteiger partial charge in [-0.25, -0.2) is 4.79 Å². The van der Waals surface area contributed by atoms with Gasteiger partial charge in [0.05, 0.1) is 5.52 Å². The summed E-state index contributed by atoms with van der Waals surface area (Å²) in [6, 6.07) is 17.0. The molecule has 0 radical (unpaired) electrons. The molecule has 0 unspecified atom stereocenters. The Hall–Kier alpha value is -2.75. The van der Waals surface area contributed by atoms with Crippen LogP contribution in [0, 0.1) is 0 Å². The minimum atomic E-state index is -1.01. The maximum Gasteiger partial charge on any atom is 0.356 e. The number of hydrogen-bond acceptors (Lipinski definition) is 2. The first-order chi connectivity index (χ1) is 9.74. The summed E-state index contributed by atoms with van der Waals surface area (Å²) in [4.78, 5) is 16.9. The number of aromatic carboxylic acids is 1.